The highest BCUT2D eigenvalue weighted by atomic mass is 35.5. The third kappa shape index (κ3) is 5.51. The highest BCUT2D eigenvalue weighted by molar-refractivity contribution is 6.44. The van der Waals surface area contributed by atoms with Crippen molar-refractivity contribution in [3.05, 3.63) is 63.9 Å². The van der Waals surface area contributed by atoms with Gasteiger partial charge in [0, 0.05) is 36.6 Å². The van der Waals surface area contributed by atoms with Gasteiger partial charge >= 0.3 is 6.09 Å². The van der Waals surface area contributed by atoms with E-state index in [1.54, 1.807) is 42.7 Å². The number of halogens is 2. The summed E-state index contributed by atoms with van der Waals surface area (Å²) in [6, 6.07) is 8.27. The van der Waals surface area contributed by atoms with E-state index < -0.39 is 6.09 Å². The van der Waals surface area contributed by atoms with Crippen LogP contribution in [0.25, 0.3) is 0 Å². The van der Waals surface area contributed by atoms with Crippen LogP contribution in [0.2, 0.25) is 10.0 Å². The van der Waals surface area contributed by atoms with Crippen molar-refractivity contribution >= 4 is 35.1 Å². The van der Waals surface area contributed by atoms with E-state index in [2.05, 4.69) is 4.98 Å². The predicted molar refractivity (Wildman–Crippen MR) is 95.1 cm³/mol. The summed E-state index contributed by atoms with van der Waals surface area (Å²) in [5, 5.41) is 8.96. The van der Waals surface area contributed by atoms with Crippen molar-refractivity contribution in [3.8, 4) is 0 Å². The number of carboxylic acid groups (broad SMARTS) is 1. The molecule has 1 aromatic carbocycles. The fourth-order valence-electron chi connectivity index (χ4n) is 1.83. The Balaban J connectivity index is 0.000000307. The molecule has 0 aliphatic carbocycles. The van der Waals surface area contributed by atoms with E-state index in [0.717, 1.165) is 0 Å². The van der Waals surface area contributed by atoms with Gasteiger partial charge in [-0.3, -0.25) is 9.78 Å². The summed E-state index contributed by atoms with van der Waals surface area (Å²) >= 11 is 11.8. The summed E-state index contributed by atoms with van der Waals surface area (Å²) in [5.41, 5.74) is 0.944. The number of amides is 1. The molecule has 0 saturated heterocycles. The number of carbonyl (C=O) groups excluding carboxylic acids is 1. The molecular formula is C17H18Cl2N2O3. The number of rotatable bonds is 4. The summed E-state index contributed by atoms with van der Waals surface area (Å²) in [5.74, 6) is -0.157. The monoisotopic (exact) mass is 368 g/mol. The number of pyridine rings is 1. The molecule has 5 nitrogen and oxygen atoms in total. The minimum Gasteiger partial charge on any atom is -0.465 e. The van der Waals surface area contributed by atoms with Crippen molar-refractivity contribution in [2.45, 2.75) is 13.8 Å². The molecule has 7 heteroatoms. The van der Waals surface area contributed by atoms with E-state index in [-0.39, 0.29) is 10.8 Å². The van der Waals surface area contributed by atoms with Crippen LogP contribution in [-0.4, -0.2) is 40.0 Å². The fraction of sp³-hybridized carbons (Fsp3) is 0.235. The Hall–Kier alpha value is -2.11. The van der Waals surface area contributed by atoms with Crippen LogP contribution in [0.5, 0.6) is 0 Å². The van der Waals surface area contributed by atoms with E-state index in [0.29, 0.717) is 29.2 Å². The van der Waals surface area contributed by atoms with Crippen LogP contribution in [0.3, 0.4) is 0 Å². The zero-order valence-corrected chi connectivity index (χ0v) is 14.9. The lowest BCUT2D eigenvalue weighted by atomic mass is 10.0. The molecule has 1 aromatic heterocycles. The molecular weight excluding hydrogens is 351 g/mol. The molecule has 0 saturated carbocycles. The highest BCUT2D eigenvalue weighted by Crippen LogP contribution is 2.27. The molecule has 1 amide bonds. The Morgan fingerprint density at radius 1 is 1.08 bits per heavy atom. The zero-order chi connectivity index (χ0) is 18.1. The van der Waals surface area contributed by atoms with E-state index in [1.807, 2.05) is 13.8 Å². The lowest BCUT2D eigenvalue weighted by Crippen LogP contribution is -2.28. The first-order valence-corrected chi connectivity index (χ1v) is 8.04. The molecule has 1 N–H and O–H groups in total. The molecule has 0 atom stereocenters. The smallest absolute Gasteiger partial charge is 0.407 e. The average Bonchev–Trinajstić information content (AvgIpc) is 2.59. The maximum Gasteiger partial charge on any atom is 0.407 e. The Labute approximate surface area is 150 Å². The number of hydrogen-bond acceptors (Lipinski definition) is 3. The molecule has 0 radical (unpaired) electrons. The summed E-state index contributed by atoms with van der Waals surface area (Å²) in [6.45, 7) is 4.78. The molecule has 2 rings (SSSR count). The second-order valence-corrected chi connectivity index (χ2v) is 5.41. The number of ketones is 1. The zero-order valence-electron chi connectivity index (χ0n) is 13.4. The summed E-state index contributed by atoms with van der Waals surface area (Å²) < 4.78 is 0. The number of nitrogens with zero attached hydrogens (tertiary/aromatic N) is 2. The van der Waals surface area contributed by atoms with Crippen molar-refractivity contribution in [2.24, 2.45) is 0 Å². The first kappa shape index (κ1) is 19.9. The topological polar surface area (TPSA) is 70.5 Å². The number of carbonyl (C=O) groups is 2. The van der Waals surface area contributed by atoms with Crippen LogP contribution in [0, 0.1) is 0 Å². The van der Waals surface area contributed by atoms with E-state index in [9.17, 15) is 9.59 Å². The van der Waals surface area contributed by atoms with Crippen LogP contribution in [-0.2, 0) is 0 Å². The van der Waals surface area contributed by atoms with Gasteiger partial charge < -0.3 is 10.0 Å². The number of hydrogen-bond donors (Lipinski definition) is 1. The predicted octanol–water partition coefficient (Wildman–Crippen LogP) is 4.63. The molecule has 0 bridgehead atoms. The molecule has 0 aliphatic heterocycles. The Morgan fingerprint density at radius 3 is 2.12 bits per heavy atom. The molecule has 2 aromatic rings. The van der Waals surface area contributed by atoms with E-state index >= 15 is 0 Å². The maximum atomic E-state index is 12.0. The lowest BCUT2D eigenvalue weighted by molar-refractivity contribution is 0.103. The van der Waals surface area contributed by atoms with Gasteiger partial charge in [0.25, 0.3) is 0 Å². The van der Waals surface area contributed by atoms with Crippen LogP contribution in [0.4, 0.5) is 4.79 Å². The summed E-state index contributed by atoms with van der Waals surface area (Å²) in [7, 11) is 0. The lowest BCUT2D eigenvalue weighted by Gasteiger charge is -2.12. The van der Waals surface area contributed by atoms with Crippen LogP contribution in [0.1, 0.15) is 29.8 Å². The van der Waals surface area contributed by atoms with Gasteiger partial charge in [-0.25, -0.2) is 4.79 Å². The van der Waals surface area contributed by atoms with Gasteiger partial charge in [0.2, 0.25) is 0 Å². The van der Waals surface area contributed by atoms with Crippen LogP contribution >= 0.6 is 23.2 Å². The number of benzene rings is 1. The second-order valence-electron chi connectivity index (χ2n) is 4.62. The van der Waals surface area contributed by atoms with Crippen molar-refractivity contribution < 1.29 is 14.7 Å². The molecule has 24 heavy (non-hydrogen) atoms. The van der Waals surface area contributed by atoms with Gasteiger partial charge in [-0.2, -0.15) is 0 Å². The Morgan fingerprint density at radius 2 is 1.67 bits per heavy atom. The quantitative estimate of drug-likeness (QED) is 0.798. The Kier molecular flexibility index (Phi) is 8.22. The third-order valence-electron chi connectivity index (χ3n) is 3.17. The molecule has 0 unspecified atom stereocenters. The van der Waals surface area contributed by atoms with Crippen molar-refractivity contribution in [3.63, 3.8) is 0 Å². The van der Waals surface area contributed by atoms with Crippen LogP contribution < -0.4 is 0 Å². The second kappa shape index (κ2) is 9.90. The largest absolute Gasteiger partial charge is 0.465 e. The molecule has 0 aliphatic rings. The van der Waals surface area contributed by atoms with Gasteiger partial charge in [-0.15, -0.1) is 0 Å². The van der Waals surface area contributed by atoms with Crippen molar-refractivity contribution in [1.82, 2.24) is 9.88 Å². The average molecular weight is 369 g/mol. The third-order valence-corrected chi connectivity index (χ3v) is 3.99. The number of aromatic nitrogens is 1. The summed E-state index contributed by atoms with van der Waals surface area (Å²) in [4.78, 5) is 27.3. The van der Waals surface area contributed by atoms with Crippen molar-refractivity contribution in [1.29, 1.82) is 0 Å². The van der Waals surface area contributed by atoms with Gasteiger partial charge in [-0.05, 0) is 38.1 Å². The van der Waals surface area contributed by atoms with E-state index in [4.69, 9.17) is 28.3 Å². The van der Waals surface area contributed by atoms with Crippen LogP contribution in [0.15, 0.2) is 42.7 Å². The van der Waals surface area contributed by atoms with Gasteiger partial charge in [-0.1, -0.05) is 29.3 Å². The first-order chi connectivity index (χ1) is 11.4. The van der Waals surface area contributed by atoms with Crippen molar-refractivity contribution in [2.75, 3.05) is 13.1 Å². The SMILES string of the molecule is CCN(CC)C(=O)O.O=C(c1ccncc1)c1cccc(Cl)c1Cl. The van der Waals surface area contributed by atoms with Gasteiger partial charge in [0.1, 0.15) is 0 Å². The maximum absolute atomic E-state index is 12.0. The van der Waals surface area contributed by atoms with E-state index in [1.165, 1.54) is 4.90 Å². The minimum absolute atomic E-state index is 0.157. The Bertz CT molecular complexity index is 689. The first-order valence-electron chi connectivity index (χ1n) is 7.28. The highest BCUT2D eigenvalue weighted by Gasteiger charge is 2.14. The van der Waals surface area contributed by atoms with Gasteiger partial charge in [0.05, 0.1) is 10.0 Å². The standard InChI is InChI=1S/C12H7Cl2NO.C5H11NO2/c13-10-3-1-2-9(11(10)14)12(16)8-4-6-15-7-5-8;1-3-6(4-2)5(7)8/h1-7H;3-4H2,1-2H3,(H,7,8). The van der Waals surface area contributed by atoms with Gasteiger partial charge in [0.15, 0.2) is 5.78 Å². The molecule has 128 valence electrons. The minimum atomic E-state index is -0.838. The normalized spacial score (nSPS) is 9.67. The molecule has 0 spiro atoms. The summed E-state index contributed by atoms with van der Waals surface area (Å²) in [6.07, 6.45) is 2.28. The fourth-order valence-corrected chi connectivity index (χ4v) is 2.22. The molecule has 1 heterocycles. The molecule has 0 fully saturated rings.